The monoisotopic (exact) mass is 640 g/mol. The predicted octanol–water partition coefficient (Wildman–Crippen LogP) is 1.22. The maximum Gasteiger partial charge on any atom is 0.372 e. The Kier molecular flexibility index (Phi) is 31.9. The van der Waals surface area contributed by atoms with Gasteiger partial charge in [-0.05, 0) is 6.42 Å². The summed E-state index contributed by atoms with van der Waals surface area (Å²) in [5.74, 6) is -3.42. The number of carbonyl (C=O) groups excluding carboxylic acids is 3. The van der Waals surface area contributed by atoms with Crippen molar-refractivity contribution in [2.24, 2.45) is 0 Å². The number of Topliss-reactive ketones (excluding diaryl/α,β-unsaturated/α-hetero) is 1. The number of ether oxygens (including phenoxy) is 10. The van der Waals surface area contributed by atoms with Crippen LogP contribution in [0.25, 0.3) is 0 Å². The van der Waals surface area contributed by atoms with Crippen LogP contribution in [0.1, 0.15) is 45.4 Å². The first-order chi connectivity index (χ1) is 21.5. The normalized spacial score (nSPS) is 11.0. The first-order valence-corrected chi connectivity index (χ1v) is 15.2. The van der Waals surface area contributed by atoms with Gasteiger partial charge in [0.05, 0.1) is 112 Å². The molecule has 0 fully saturated rings. The van der Waals surface area contributed by atoms with E-state index in [4.69, 9.17) is 52.5 Å². The maximum atomic E-state index is 11.4. The molecule has 0 aromatic rings. The fourth-order valence-corrected chi connectivity index (χ4v) is 3.06. The second kappa shape index (κ2) is 33.6. The molecular formula is C29H52O15. The topological polar surface area (TPSA) is 181 Å². The lowest BCUT2D eigenvalue weighted by atomic mass is 10.2. The van der Waals surface area contributed by atoms with Crippen molar-refractivity contribution in [2.75, 3.05) is 119 Å². The van der Waals surface area contributed by atoms with E-state index in [-0.39, 0.29) is 38.6 Å². The molecule has 44 heavy (non-hydrogen) atoms. The Balaban J connectivity index is 3.16. The van der Waals surface area contributed by atoms with E-state index in [0.717, 1.165) is 19.3 Å². The molecule has 0 aliphatic rings. The van der Waals surface area contributed by atoms with Crippen LogP contribution in [0.5, 0.6) is 0 Å². The van der Waals surface area contributed by atoms with Gasteiger partial charge >= 0.3 is 17.9 Å². The summed E-state index contributed by atoms with van der Waals surface area (Å²) >= 11 is 0. The lowest BCUT2D eigenvalue weighted by Crippen LogP contribution is -2.17. The summed E-state index contributed by atoms with van der Waals surface area (Å²) in [5, 5.41) is 8.43. The van der Waals surface area contributed by atoms with Gasteiger partial charge in [-0.25, -0.2) is 4.79 Å². The summed E-state index contributed by atoms with van der Waals surface area (Å²) in [6.07, 6.45) is 2.78. The standard InChI is InChI=1S/C29H52O15/c1-2-3-4-5-27(31)43-24-22-41-20-18-39-16-14-37-12-10-35-8-9-36-11-13-38-15-17-40-19-21-42-23-25-44-28(32)7-6-26(30)29(33)34/h2-25H2,1H3,(H,33,34). The molecule has 0 aromatic heterocycles. The number of esters is 2. The smallest absolute Gasteiger partial charge is 0.372 e. The van der Waals surface area contributed by atoms with Gasteiger partial charge in [0.2, 0.25) is 5.78 Å². The maximum absolute atomic E-state index is 11.4. The average molecular weight is 641 g/mol. The van der Waals surface area contributed by atoms with Crippen LogP contribution in [-0.4, -0.2) is 148 Å². The molecule has 0 bridgehead atoms. The van der Waals surface area contributed by atoms with E-state index >= 15 is 0 Å². The van der Waals surface area contributed by atoms with Crippen LogP contribution in [0, 0.1) is 0 Å². The van der Waals surface area contributed by atoms with Crippen LogP contribution < -0.4 is 0 Å². The van der Waals surface area contributed by atoms with Crippen molar-refractivity contribution in [3.8, 4) is 0 Å². The third kappa shape index (κ3) is 32.7. The van der Waals surface area contributed by atoms with Gasteiger partial charge in [0.25, 0.3) is 0 Å². The molecule has 0 aliphatic heterocycles. The van der Waals surface area contributed by atoms with Crippen molar-refractivity contribution in [1.29, 1.82) is 0 Å². The lowest BCUT2D eigenvalue weighted by molar-refractivity contribution is -0.151. The highest BCUT2D eigenvalue weighted by Crippen LogP contribution is 2.00. The third-order valence-corrected chi connectivity index (χ3v) is 5.36. The highest BCUT2D eigenvalue weighted by Gasteiger charge is 2.14. The molecule has 0 spiro atoms. The molecule has 0 atom stereocenters. The molecule has 0 saturated carbocycles. The van der Waals surface area contributed by atoms with Gasteiger partial charge in [-0.3, -0.25) is 14.4 Å². The average Bonchev–Trinajstić information content (AvgIpc) is 3.01. The summed E-state index contributed by atoms with van der Waals surface area (Å²) in [4.78, 5) is 44.0. The number of hydrogen-bond donors (Lipinski definition) is 1. The van der Waals surface area contributed by atoms with Crippen LogP contribution in [0.4, 0.5) is 0 Å². The quantitative estimate of drug-likeness (QED) is 0.0593. The number of aliphatic carboxylic acids is 1. The number of unbranched alkanes of at least 4 members (excludes halogenated alkanes) is 2. The lowest BCUT2D eigenvalue weighted by Gasteiger charge is -2.09. The van der Waals surface area contributed by atoms with Crippen LogP contribution >= 0.6 is 0 Å². The highest BCUT2D eigenvalue weighted by atomic mass is 16.6. The van der Waals surface area contributed by atoms with Crippen LogP contribution in [0.15, 0.2) is 0 Å². The van der Waals surface area contributed by atoms with Gasteiger partial charge in [-0.2, -0.15) is 0 Å². The molecule has 0 unspecified atom stereocenters. The van der Waals surface area contributed by atoms with E-state index in [2.05, 4.69) is 6.92 Å². The zero-order valence-electron chi connectivity index (χ0n) is 26.1. The minimum absolute atomic E-state index is 0.0118. The number of carbonyl (C=O) groups is 4. The Morgan fingerprint density at radius 2 is 0.705 bits per heavy atom. The summed E-state index contributed by atoms with van der Waals surface area (Å²) in [7, 11) is 0. The fourth-order valence-electron chi connectivity index (χ4n) is 3.06. The van der Waals surface area contributed by atoms with Crippen molar-refractivity contribution < 1.29 is 71.7 Å². The molecule has 0 amide bonds. The van der Waals surface area contributed by atoms with Crippen molar-refractivity contribution in [3.63, 3.8) is 0 Å². The molecule has 0 saturated heterocycles. The van der Waals surface area contributed by atoms with E-state index in [1.165, 1.54) is 0 Å². The van der Waals surface area contributed by atoms with Gasteiger partial charge in [0.1, 0.15) is 13.2 Å². The summed E-state index contributed by atoms with van der Waals surface area (Å²) < 4.78 is 53.0. The van der Waals surface area contributed by atoms with E-state index in [0.29, 0.717) is 106 Å². The number of hydrogen-bond acceptors (Lipinski definition) is 14. The molecule has 15 nitrogen and oxygen atoms in total. The van der Waals surface area contributed by atoms with Gasteiger partial charge in [-0.15, -0.1) is 0 Å². The van der Waals surface area contributed by atoms with Gasteiger partial charge < -0.3 is 52.5 Å². The molecule has 0 rings (SSSR count). The van der Waals surface area contributed by atoms with Crippen molar-refractivity contribution in [2.45, 2.75) is 45.4 Å². The van der Waals surface area contributed by atoms with Crippen LogP contribution in [0.2, 0.25) is 0 Å². The minimum atomic E-state index is -1.56. The van der Waals surface area contributed by atoms with Crippen molar-refractivity contribution >= 4 is 23.7 Å². The van der Waals surface area contributed by atoms with Gasteiger partial charge in [0, 0.05) is 12.8 Å². The van der Waals surface area contributed by atoms with E-state index in [1.54, 1.807) is 0 Å². The molecule has 15 heteroatoms. The number of ketones is 1. The second-order valence-electron chi connectivity index (χ2n) is 9.03. The zero-order valence-corrected chi connectivity index (χ0v) is 26.1. The molecular weight excluding hydrogens is 588 g/mol. The first kappa shape index (κ1) is 41.8. The summed E-state index contributed by atoms with van der Waals surface area (Å²) in [5.41, 5.74) is 0. The van der Waals surface area contributed by atoms with Crippen molar-refractivity contribution in [1.82, 2.24) is 0 Å². The Morgan fingerprint density at radius 3 is 1.00 bits per heavy atom. The Hall–Kier alpha value is -2.24. The molecule has 0 aliphatic carbocycles. The third-order valence-electron chi connectivity index (χ3n) is 5.36. The zero-order chi connectivity index (χ0) is 32.4. The summed E-state index contributed by atoms with van der Waals surface area (Å²) in [6, 6.07) is 0. The Morgan fingerprint density at radius 1 is 0.409 bits per heavy atom. The van der Waals surface area contributed by atoms with Crippen LogP contribution in [0.3, 0.4) is 0 Å². The van der Waals surface area contributed by atoms with Gasteiger partial charge in [-0.1, -0.05) is 19.8 Å². The highest BCUT2D eigenvalue weighted by molar-refractivity contribution is 6.32. The number of rotatable bonds is 35. The molecule has 258 valence electrons. The van der Waals surface area contributed by atoms with Crippen LogP contribution in [-0.2, 0) is 66.5 Å². The minimum Gasteiger partial charge on any atom is -0.476 e. The predicted molar refractivity (Wildman–Crippen MR) is 154 cm³/mol. The molecule has 0 radical (unpaired) electrons. The van der Waals surface area contributed by atoms with Gasteiger partial charge in [0.15, 0.2) is 0 Å². The number of carboxylic acid groups (broad SMARTS) is 1. The molecule has 0 heterocycles. The number of carboxylic acids is 1. The molecule has 1 N–H and O–H groups in total. The Bertz CT molecular complexity index is 704. The summed E-state index contributed by atoms with van der Waals surface area (Å²) in [6.45, 7) is 8.89. The molecule has 0 aromatic carbocycles. The van der Waals surface area contributed by atoms with E-state index < -0.39 is 17.7 Å². The van der Waals surface area contributed by atoms with E-state index in [1.807, 2.05) is 0 Å². The Labute approximate surface area is 260 Å². The van der Waals surface area contributed by atoms with E-state index in [9.17, 15) is 19.2 Å². The first-order valence-electron chi connectivity index (χ1n) is 15.2. The largest absolute Gasteiger partial charge is 0.476 e. The SMILES string of the molecule is CCCCCC(=O)OCCOCCOCCOCCOCCOCCOCCOCCOCCOC(=O)CCC(=O)C(=O)O. The fraction of sp³-hybridized carbons (Fsp3) is 0.862. The van der Waals surface area contributed by atoms with Crippen molar-refractivity contribution in [3.05, 3.63) is 0 Å². The second-order valence-corrected chi connectivity index (χ2v) is 9.03.